The fraction of sp³-hybridized carbons (Fsp3) is 0.500. The Morgan fingerprint density at radius 2 is 2.07 bits per heavy atom. The first-order valence-corrected chi connectivity index (χ1v) is 4.52. The lowest BCUT2D eigenvalue weighted by atomic mass is 10.3. The number of halogens is 4. The van der Waals surface area contributed by atoms with Gasteiger partial charge in [-0.2, -0.15) is 18.2 Å². The van der Waals surface area contributed by atoms with Gasteiger partial charge < -0.3 is 4.74 Å². The van der Waals surface area contributed by atoms with E-state index in [1.165, 1.54) is 12.4 Å². The van der Waals surface area contributed by atoms with Crippen LogP contribution in [0.3, 0.4) is 0 Å². The van der Waals surface area contributed by atoms with Crippen LogP contribution in [-0.4, -0.2) is 22.8 Å². The zero-order valence-corrected chi connectivity index (χ0v) is 8.35. The summed E-state index contributed by atoms with van der Waals surface area (Å²) in [7, 11) is 0. The Bertz CT molecular complexity index is 319. The minimum Gasteiger partial charge on any atom is -0.477 e. The van der Waals surface area contributed by atoms with E-state index in [1.807, 2.05) is 0 Å². The van der Waals surface area contributed by atoms with Crippen LogP contribution >= 0.6 is 11.6 Å². The number of rotatable bonds is 4. The first-order valence-electron chi connectivity index (χ1n) is 4.14. The zero-order chi connectivity index (χ0) is 11.3. The molecule has 0 aliphatic carbocycles. The van der Waals surface area contributed by atoms with Crippen molar-refractivity contribution in [3.05, 3.63) is 17.5 Å². The number of aromatic nitrogens is 2. The van der Waals surface area contributed by atoms with Crippen LogP contribution in [0.25, 0.3) is 0 Å². The standard InChI is InChI=1S/C8H8ClF3N2O/c9-6-4-13-5-7(14-6)15-3-1-2-8(10,11)12/h4-5H,1-3H2. The molecule has 1 aromatic rings. The van der Waals surface area contributed by atoms with E-state index >= 15 is 0 Å². The van der Waals surface area contributed by atoms with Crippen molar-refractivity contribution in [2.24, 2.45) is 0 Å². The summed E-state index contributed by atoms with van der Waals surface area (Å²) in [4.78, 5) is 7.38. The number of alkyl halides is 3. The van der Waals surface area contributed by atoms with Crippen molar-refractivity contribution in [2.75, 3.05) is 6.61 Å². The van der Waals surface area contributed by atoms with Crippen LogP contribution in [0.5, 0.6) is 5.88 Å². The average Bonchev–Trinajstić information content (AvgIpc) is 2.11. The molecule has 3 nitrogen and oxygen atoms in total. The molecule has 1 aromatic heterocycles. The molecule has 0 spiro atoms. The third kappa shape index (κ3) is 5.41. The van der Waals surface area contributed by atoms with E-state index < -0.39 is 12.6 Å². The summed E-state index contributed by atoms with van der Waals surface area (Å²) >= 11 is 5.50. The van der Waals surface area contributed by atoms with Crippen molar-refractivity contribution in [2.45, 2.75) is 19.0 Å². The van der Waals surface area contributed by atoms with Gasteiger partial charge in [0, 0.05) is 6.42 Å². The van der Waals surface area contributed by atoms with E-state index in [0.29, 0.717) is 0 Å². The summed E-state index contributed by atoms with van der Waals surface area (Å²) in [6, 6.07) is 0. The lowest BCUT2D eigenvalue weighted by Gasteiger charge is -2.06. The highest BCUT2D eigenvalue weighted by molar-refractivity contribution is 6.29. The van der Waals surface area contributed by atoms with Gasteiger partial charge in [0.1, 0.15) is 0 Å². The molecule has 0 atom stereocenters. The summed E-state index contributed by atoms with van der Waals surface area (Å²) < 4.78 is 40.1. The minimum absolute atomic E-state index is 0.0610. The lowest BCUT2D eigenvalue weighted by molar-refractivity contribution is -0.136. The molecule has 0 radical (unpaired) electrons. The summed E-state index contributed by atoms with van der Waals surface area (Å²) in [6.45, 7) is -0.0610. The van der Waals surface area contributed by atoms with Gasteiger partial charge in [0.2, 0.25) is 5.88 Å². The minimum atomic E-state index is -4.15. The maximum absolute atomic E-state index is 11.7. The van der Waals surface area contributed by atoms with Crippen molar-refractivity contribution >= 4 is 11.6 Å². The Morgan fingerprint density at radius 1 is 1.33 bits per heavy atom. The SMILES string of the molecule is FC(F)(F)CCCOc1cncc(Cl)n1. The van der Waals surface area contributed by atoms with Crippen LogP contribution in [0.2, 0.25) is 5.15 Å². The summed E-state index contributed by atoms with van der Waals surface area (Å²) in [5.74, 6) is 0.129. The molecule has 0 N–H and O–H groups in total. The number of hydrogen-bond acceptors (Lipinski definition) is 3. The van der Waals surface area contributed by atoms with E-state index in [4.69, 9.17) is 16.3 Å². The molecular formula is C8H8ClF3N2O. The van der Waals surface area contributed by atoms with Crippen LogP contribution in [0.15, 0.2) is 12.4 Å². The number of ether oxygens (including phenoxy) is 1. The van der Waals surface area contributed by atoms with Crippen molar-refractivity contribution < 1.29 is 17.9 Å². The highest BCUT2D eigenvalue weighted by atomic mass is 35.5. The molecule has 84 valence electrons. The van der Waals surface area contributed by atoms with E-state index in [1.54, 1.807) is 0 Å². The Kier molecular flexibility index (Phi) is 4.14. The predicted octanol–water partition coefficient (Wildman–Crippen LogP) is 2.85. The molecule has 0 amide bonds. The van der Waals surface area contributed by atoms with Gasteiger partial charge in [0.05, 0.1) is 19.0 Å². The van der Waals surface area contributed by atoms with Crippen molar-refractivity contribution in [3.63, 3.8) is 0 Å². The molecule has 15 heavy (non-hydrogen) atoms. The van der Waals surface area contributed by atoms with Gasteiger partial charge in [-0.25, -0.2) is 0 Å². The Balaban J connectivity index is 2.26. The molecule has 0 aliphatic rings. The topological polar surface area (TPSA) is 35.0 Å². The van der Waals surface area contributed by atoms with Gasteiger partial charge in [-0.15, -0.1) is 0 Å². The van der Waals surface area contributed by atoms with Gasteiger partial charge in [-0.3, -0.25) is 4.98 Å². The lowest BCUT2D eigenvalue weighted by Crippen LogP contribution is -2.10. The molecule has 0 aromatic carbocycles. The summed E-state index contributed by atoms with van der Waals surface area (Å²) in [6.07, 6.45) is -2.54. The van der Waals surface area contributed by atoms with E-state index in [2.05, 4.69) is 9.97 Å². The molecule has 0 saturated carbocycles. The fourth-order valence-electron chi connectivity index (χ4n) is 0.844. The van der Waals surface area contributed by atoms with Gasteiger partial charge >= 0.3 is 6.18 Å². The van der Waals surface area contributed by atoms with Gasteiger partial charge in [-0.1, -0.05) is 11.6 Å². The van der Waals surface area contributed by atoms with Gasteiger partial charge in [0.25, 0.3) is 0 Å². The average molecular weight is 241 g/mol. The van der Waals surface area contributed by atoms with Crippen LogP contribution in [0.4, 0.5) is 13.2 Å². The van der Waals surface area contributed by atoms with E-state index in [9.17, 15) is 13.2 Å². The van der Waals surface area contributed by atoms with Crippen molar-refractivity contribution in [1.82, 2.24) is 9.97 Å². The first kappa shape index (κ1) is 12.0. The first-order chi connectivity index (χ1) is 6.97. The second-order valence-corrected chi connectivity index (χ2v) is 3.13. The number of nitrogens with zero attached hydrogens (tertiary/aromatic N) is 2. The molecule has 0 saturated heterocycles. The maximum Gasteiger partial charge on any atom is 0.389 e. The van der Waals surface area contributed by atoms with Crippen LogP contribution in [0, 0.1) is 0 Å². The highest BCUT2D eigenvalue weighted by Gasteiger charge is 2.26. The molecule has 1 rings (SSSR count). The van der Waals surface area contributed by atoms with E-state index in [-0.39, 0.29) is 24.1 Å². The van der Waals surface area contributed by atoms with Crippen LogP contribution < -0.4 is 4.74 Å². The molecule has 0 unspecified atom stereocenters. The second-order valence-electron chi connectivity index (χ2n) is 2.75. The van der Waals surface area contributed by atoms with Crippen LogP contribution in [0.1, 0.15) is 12.8 Å². The van der Waals surface area contributed by atoms with Crippen molar-refractivity contribution in [3.8, 4) is 5.88 Å². The Hall–Kier alpha value is -1.04. The summed E-state index contributed by atoms with van der Waals surface area (Å²) in [5, 5.41) is 0.142. The summed E-state index contributed by atoms with van der Waals surface area (Å²) in [5.41, 5.74) is 0. The smallest absolute Gasteiger partial charge is 0.389 e. The molecular weight excluding hydrogens is 233 g/mol. The van der Waals surface area contributed by atoms with Gasteiger partial charge in [-0.05, 0) is 6.42 Å². The van der Waals surface area contributed by atoms with Crippen molar-refractivity contribution in [1.29, 1.82) is 0 Å². The quantitative estimate of drug-likeness (QED) is 0.759. The maximum atomic E-state index is 11.7. The Labute approximate surface area is 89.2 Å². The third-order valence-electron chi connectivity index (χ3n) is 1.44. The van der Waals surface area contributed by atoms with E-state index in [0.717, 1.165) is 0 Å². The van der Waals surface area contributed by atoms with Gasteiger partial charge in [0.15, 0.2) is 5.15 Å². The number of hydrogen-bond donors (Lipinski definition) is 0. The molecule has 0 aliphatic heterocycles. The predicted molar refractivity (Wildman–Crippen MR) is 47.8 cm³/mol. The Morgan fingerprint density at radius 3 is 2.67 bits per heavy atom. The molecule has 0 bridgehead atoms. The third-order valence-corrected chi connectivity index (χ3v) is 1.62. The molecule has 1 heterocycles. The largest absolute Gasteiger partial charge is 0.477 e. The van der Waals surface area contributed by atoms with Crippen LogP contribution in [-0.2, 0) is 0 Å². The highest BCUT2D eigenvalue weighted by Crippen LogP contribution is 2.21. The second kappa shape index (κ2) is 5.16. The monoisotopic (exact) mass is 240 g/mol. The molecule has 0 fully saturated rings. The zero-order valence-electron chi connectivity index (χ0n) is 7.59. The molecule has 7 heteroatoms. The normalized spacial score (nSPS) is 11.5. The fourth-order valence-corrected chi connectivity index (χ4v) is 0.984.